The van der Waals surface area contributed by atoms with E-state index in [1.54, 1.807) is 0 Å². The second kappa shape index (κ2) is 4.70. The Hall–Kier alpha value is -1.61. The third kappa shape index (κ3) is 1.87. The van der Waals surface area contributed by atoms with Gasteiger partial charge in [0.25, 0.3) is 0 Å². The molecule has 0 spiro atoms. The predicted octanol–water partition coefficient (Wildman–Crippen LogP) is 4.81. The van der Waals surface area contributed by atoms with Crippen LogP contribution in [0.2, 0.25) is 0 Å². The summed E-state index contributed by atoms with van der Waals surface area (Å²) >= 11 is 3.53. The van der Waals surface area contributed by atoms with Crippen molar-refractivity contribution in [2.75, 3.05) is 0 Å². The number of benzene rings is 2. The molecule has 21 heavy (non-hydrogen) atoms. The van der Waals surface area contributed by atoms with Crippen LogP contribution in [0.15, 0.2) is 53.0 Å². The fraction of sp³-hybridized carbons (Fsp3) is 0.278. The lowest BCUT2D eigenvalue weighted by atomic mass is 9.64. The van der Waals surface area contributed by atoms with Crippen molar-refractivity contribution < 1.29 is 0 Å². The van der Waals surface area contributed by atoms with E-state index in [1.807, 2.05) is 0 Å². The molecule has 0 saturated heterocycles. The molecule has 0 atom stereocenters. The Kier molecular flexibility index (Phi) is 2.93. The molecule has 1 aliphatic rings. The topological polar surface area (TPSA) is 17.8 Å². The highest BCUT2D eigenvalue weighted by Crippen LogP contribution is 2.49. The highest BCUT2D eigenvalue weighted by molar-refractivity contribution is 9.10. The van der Waals surface area contributed by atoms with Crippen molar-refractivity contribution in [1.82, 2.24) is 9.55 Å². The maximum absolute atomic E-state index is 4.96. The fourth-order valence-electron chi connectivity index (χ4n) is 3.51. The normalized spacial score (nSPS) is 16.9. The Morgan fingerprint density at radius 3 is 2.38 bits per heavy atom. The Labute approximate surface area is 132 Å². The van der Waals surface area contributed by atoms with Crippen LogP contribution in [-0.4, -0.2) is 9.55 Å². The van der Waals surface area contributed by atoms with Crippen LogP contribution >= 0.6 is 15.9 Å². The van der Waals surface area contributed by atoms with E-state index in [2.05, 4.69) is 76.1 Å². The SMILES string of the molecule is Cn1c(C2(c3ccc(Br)cc3)CCC2)nc2ccccc21. The zero-order valence-electron chi connectivity index (χ0n) is 12.0. The Bertz CT molecular complexity index is 798. The van der Waals surface area contributed by atoms with Gasteiger partial charge in [0, 0.05) is 11.5 Å². The molecule has 1 fully saturated rings. The molecule has 0 radical (unpaired) electrons. The number of imidazole rings is 1. The zero-order chi connectivity index (χ0) is 14.4. The van der Waals surface area contributed by atoms with Crippen molar-refractivity contribution in [1.29, 1.82) is 0 Å². The van der Waals surface area contributed by atoms with Crippen molar-refractivity contribution in [3.05, 3.63) is 64.4 Å². The molecule has 3 aromatic rings. The molecule has 0 aliphatic heterocycles. The van der Waals surface area contributed by atoms with Crippen molar-refractivity contribution in [2.24, 2.45) is 7.05 Å². The molecule has 1 aromatic heterocycles. The van der Waals surface area contributed by atoms with Crippen molar-refractivity contribution in [3.63, 3.8) is 0 Å². The number of aromatic nitrogens is 2. The van der Waals surface area contributed by atoms with Crippen LogP contribution in [0, 0.1) is 0 Å². The second-order valence-corrected chi connectivity index (χ2v) is 6.84. The maximum atomic E-state index is 4.96. The van der Waals surface area contributed by atoms with Crippen molar-refractivity contribution >= 4 is 27.0 Å². The van der Waals surface area contributed by atoms with E-state index in [1.165, 1.54) is 36.2 Å². The van der Waals surface area contributed by atoms with E-state index in [4.69, 9.17) is 4.98 Å². The van der Waals surface area contributed by atoms with Crippen LogP contribution in [-0.2, 0) is 12.5 Å². The average molecular weight is 341 g/mol. The van der Waals surface area contributed by atoms with E-state index in [9.17, 15) is 0 Å². The highest BCUT2D eigenvalue weighted by atomic mass is 79.9. The molecule has 1 heterocycles. The van der Waals surface area contributed by atoms with E-state index in [0.717, 1.165) is 9.99 Å². The van der Waals surface area contributed by atoms with Crippen LogP contribution in [0.25, 0.3) is 11.0 Å². The number of para-hydroxylation sites is 2. The van der Waals surface area contributed by atoms with E-state index in [0.29, 0.717) is 0 Å². The minimum absolute atomic E-state index is 0.0917. The first-order valence-corrected chi connectivity index (χ1v) is 8.18. The van der Waals surface area contributed by atoms with Gasteiger partial charge in [-0.25, -0.2) is 4.98 Å². The van der Waals surface area contributed by atoms with Gasteiger partial charge in [-0.1, -0.05) is 46.6 Å². The summed E-state index contributed by atoms with van der Waals surface area (Å²) in [6.45, 7) is 0. The molecule has 0 bridgehead atoms. The van der Waals surface area contributed by atoms with Gasteiger partial charge in [-0.2, -0.15) is 0 Å². The number of hydrogen-bond acceptors (Lipinski definition) is 1. The quantitative estimate of drug-likeness (QED) is 0.654. The smallest absolute Gasteiger partial charge is 0.120 e. The van der Waals surface area contributed by atoms with Crippen molar-refractivity contribution in [3.8, 4) is 0 Å². The second-order valence-electron chi connectivity index (χ2n) is 5.93. The number of nitrogens with zero attached hydrogens (tertiary/aromatic N) is 2. The number of rotatable bonds is 2. The highest BCUT2D eigenvalue weighted by Gasteiger charge is 2.43. The summed E-state index contributed by atoms with van der Waals surface area (Å²) in [5.74, 6) is 1.21. The average Bonchev–Trinajstić information content (AvgIpc) is 2.78. The summed E-state index contributed by atoms with van der Waals surface area (Å²) < 4.78 is 3.40. The van der Waals surface area contributed by atoms with Crippen LogP contribution in [0.5, 0.6) is 0 Å². The number of aryl methyl sites for hydroxylation is 1. The third-order valence-corrected chi connectivity index (χ3v) is 5.35. The molecule has 0 N–H and O–H groups in total. The standard InChI is InChI=1S/C18H17BrN2/c1-21-16-6-3-2-5-15(16)20-17(21)18(11-4-12-18)13-7-9-14(19)10-8-13/h2-3,5-10H,4,11-12H2,1H3. The lowest BCUT2D eigenvalue weighted by Crippen LogP contribution is -2.38. The van der Waals surface area contributed by atoms with Gasteiger partial charge in [-0.05, 0) is 42.7 Å². The third-order valence-electron chi connectivity index (χ3n) is 4.82. The molecule has 0 amide bonds. The first kappa shape index (κ1) is 13.1. The first-order valence-electron chi connectivity index (χ1n) is 7.39. The van der Waals surface area contributed by atoms with Gasteiger partial charge >= 0.3 is 0 Å². The zero-order valence-corrected chi connectivity index (χ0v) is 13.6. The molecule has 1 saturated carbocycles. The minimum Gasteiger partial charge on any atom is -0.330 e. The summed E-state index contributed by atoms with van der Waals surface area (Å²) in [6, 6.07) is 17.2. The molecule has 3 heteroatoms. The van der Waals surface area contributed by atoms with Gasteiger partial charge < -0.3 is 4.57 Å². The van der Waals surface area contributed by atoms with Gasteiger partial charge in [-0.3, -0.25) is 0 Å². The van der Waals surface area contributed by atoms with Gasteiger partial charge in [0.05, 0.1) is 16.4 Å². The van der Waals surface area contributed by atoms with Crippen LogP contribution < -0.4 is 0 Å². The summed E-state index contributed by atoms with van der Waals surface area (Å²) in [5, 5.41) is 0. The lowest BCUT2D eigenvalue weighted by molar-refractivity contribution is 0.280. The molecule has 0 unspecified atom stereocenters. The van der Waals surface area contributed by atoms with Gasteiger partial charge in [0.1, 0.15) is 5.82 Å². The van der Waals surface area contributed by atoms with E-state index in [-0.39, 0.29) is 5.41 Å². The number of hydrogen-bond donors (Lipinski definition) is 0. The first-order chi connectivity index (χ1) is 10.2. The molecule has 4 rings (SSSR count). The summed E-state index contributed by atoms with van der Waals surface area (Å²) in [4.78, 5) is 4.96. The number of fused-ring (bicyclic) bond motifs is 1. The van der Waals surface area contributed by atoms with E-state index < -0.39 is 0 Å². The number of halogens is 1. The fourth-order valence-corrected chi connectivity index (χ4v) is 3.78. The molecule has 1 aliphatic carbocycles. The van der Waals surface area contributed by atoms with E-state index >= 15 is 0 Å². The molecular weight excluding hydrogens is 324 g/mol. The maximum Gasteiger partial charge on any atom is 0.120 e. The lowest BCUT2D eigenvalue weighted by Gasteiger charge is -2.41. The predicted molar refractivity (Wildman–Crippen MR) is 89.5 cm³/mol. The summed E-state index contributed by atoms with van der Waals surface area (Å²) in [5.41, 5.74) is 3.79. The largest absolute Gasteiger partial charge is 0.330 e. The molecule has 2 nitrogen and oxygen atoms in total. The molecule has 106 valence electrons. The Morgan fingerprint density at radius 2 is 1.76 bits per heavy atom. The van der Waals surface area contributed by atoms with Crippen LogP contribution in [0.4, 0.5) is 0 Å². The van der Waals surface area contributed by atoms with Gasteiger partial charge in [0.15, 0.2) is 0 Å². The molecule has 2 aromatic carbocycles. The Balaban J connectivity index is 1.92. The minimum atomic E-state index is 0.0917. The monoisotopic (exact) mass is 340 g/mol. The molecular formula is C18H17BrN2. The summed E-state index contributed by atoms with van der Waals surface area (Å²) in [7, 11) is 2.14. The van der Waals surface area contributed by atoms with Gasteiger partial charge in [-0.15, -0.1) is 0 Å². The van der Waals surface area contributed by atoms with Crippen LogP contribution in [0.1, 0.15) is 30.7 Å². The van der Waals surface area contributed by atoms with Gasteiger partial charge in [0.2, 0.25) is 0 Å². The Morgan fingerprint density at radius 1 is 1.05 bits per heavy atom. The van der Waals surface area contributed by atoms with Crippen molar-refractivity contribution in [2.45, 2.75) is 24.7 Å². The summed E-state index contributed by atoms with van der Waals surface area (Å²) in [6.07, 6.45) is 3.65. The van der Waals surface area contributed by atoms with Crippen LogP contribution in [0.3, 0.4) is 0 Å².